The predicted molar refractivity (Wildman–Crippen MR) is 79.9 cm³/mol. The third kappa shape index (κ3) is 4.77. The van der Waals surface area contributed by atoms with E-state index in [0.717, 1.165) is 10.6 Å². The number of thiophene rings is 1. The van der Waals surface area contributed by atoms with Crippen LogP contribution in [0.15, 0.2) is 28.7 Å². The number of thioether (sulfide) groups is 1. The number of aliphatic imine (C=N–C) groups is 2. The van der Waals surface area contributed by atoms with Gasteiger partial charge in [0.2, 0.25) is 0 Å². The molecule has 0 aliphatic heterocycles. The summed E-state index contributed by atoms with van der Waals surface area (Å²) in [6.45, 7) is 13.4. The van der Waals surface area contributed by atoms with E-state index < -0.39 is 0 Å². The number of rotatable bonds is 2. The SMILES string of the molecule is C=NC(=NC(=C)c1ccc(C)s1)SC.CC. The molecule has 0 saturated heterocycles. The Balaban J connectivity index is 0.00000106. The Morgan fingerprint density at radius 1 is 1.38 bits per heavy atom. The van der Waals surface area contributed by atoms with Crippen LogP contribution in [0, 0.1) is 6.92 Å². The molecule has 0 fully saturated rings. The Morgan fingerprint density at radius 3 is 2.38 bits per heavy atom. The maximum atomic E-state index is 4.26. The summed E-state index contributed by atoms with van der Waals surface area (Å²) in [6, 6.07) is 4.08. The summed E-state index contributed by atoms with van der Waals surface area (Å²) in [4.78, 5) is 10.4. The largest absolute Gasteiger partial charge is 0.239 e. The first kappa shape index (κ1) is 15.1. The minimum Gasteiger partial charge on any atom is -0.239 e. The van der Waals surface area contributed by atoms with E-state index in [2.05, 4.69) is 36.3 Å². The van der Waals surface area contributed by atoms with Crippen molar-refractivity contribution < 1.29 is 0 Å². The Morgan fingerprint density at radius 2 is 2.00 bits per heavy atom. The van der Waals surface area contributed by atoms with Crippen molar-refractivity contribution in [3.8, 4) is 0 Å². The third-order valence-corrected chi connectivity index (χ3v) is 3.21. The van der Waals surface area contributed by atoms with Gasteiger partial charge in [-0.1, -0.05) is 32.2 Å². The second kappa shape index (κ2) is 8.30. The molecule has 0 spiro atoms. The fourth-order valence-corrected chi connectivity index (χ4v) is 2.02. The highest BCUT2D eigenvalue weighted by molar-refractivity contribution is 8.13. The average molecular weight is 254 g/mol. The first-order valence-corrected chi connectivity index (χ1v) is 7.06. The van der Waals surface area contributed by atoms with Crippen LogP contribution in [0.1, 0.15) is 23.6 Å². The summed E-state index contributed by atoms with van der Waals surface area (Å²) in [5.74, 6) is 0. The highest BCUT2D eigenvalue weighted by Gasteiger charge is 2.01. The number of amidine groups is 1. The molecule has 0 aromatic carbocycles. The zero-order valence-corrected chi connectivity index (χ0v) is 11.9. The standard InChI is InChI=1S/C10H12N2S2.C2H6/c1-7-5-6-9(14-7)8(2)12-10(11-3)13-4;1-2/h5-6H,2-3H2,1,4H3;1-2H3. The van der Waals surface area contributed by atoms with Gasteiger partial charge in [-0.2, -0.15) is 0 Å². The molecule has 1 aromatic heterocycles. The summed E-state index contributed by atoms with van der Waals surface area (Å²) in [5, 5.41) is 0.654. The van der Waals surface area contributed by atoms with E-state index in [-0.39, 0.29) is 0 Å². The van der Waals surface area contributed by atoms with Gasteiger partial charge in [0.1, 0.15) is 0 Å². The molecule has 2 nitrogen and oxygen atoms in total. The molecular weight excluding hydrogens is 236 g/mol. The van der Waals surface area contributed by atoms with Crippen molar-refractivity contribution in [2.24, 2.45) is 9.98 Å². The van der Waals surface area contributed by atoms with Crippen LogP contribution < -0.4 is 0 Å². The van der Waals surface area contributed by atoms with Gasteiger partial charge in [0.05, 0.1) is 10.6 Å². The monoisotopic (exact) mass is 254 g/mol. The van der Waals surface area contributed by atoms with Gasteiger partial charge in [0.25, 0.3) is 0 Å². The lowest BCUT2D eigenvalue weighted by atomic mass is 10.4. The fraction of sp³-hybridized carbons (Fsp3) is 0.333. The van der Waals surface area contributed by atoms with E-state index in [9.17, 15) is 0 Å². The highest BCUT2D eigenvalue weighted by atomic mass is 32.2. The summed E-state index contributed by atoms with van der Waals surface area (Å²) < 4.78 is 0. The van der Waals surface area contributed by atoms with Crippen molar-refractivity contribution in [1.82, 2.24) is 0 Å². The molecule has 0 saturated carbocycles. The fourth-order valence-electron chi connectivity index (χ4n) is 0.906. The number of hydrogen-bond acceptors (Lipinski definition) is 3. The molecule has 88 valence electrons. The van der Waals surface area contributed by atoms with Crippen LogP contribution in [0.3, 0.4) is 0 Å². The van der Waals surface area contributed by atoms with Crippen LogP contribution in [-0.4, -0.2) is 18.1 Å². The minimum absolute atomic E-state index is 0.654. The van der Waals surface area contributed by atoms with Gasteiger partial charge >= 0.3 is 0 Å². The predicted octanol–water partition coefficient (Wildman–Crippen LogP) is 4.47. The van der Waals surface area contributed by atoms with E-state index in [0.29, 0.717) is 5.17 Å². The van der Waals surface area contributed by atoms with Crippen molar-refractivity contribution in [2.75, 3.05) is 6.26 Å². The number of nitrogens with zero attached hydrogens (tertiary/aromatic N) is 2. The van der Waals surface area contributed by atoms with Gasteiger partial charge in [0, 0.05) is 4.88 Å². The van der Waals surface area contributed by atoms with Crippen molar-refractivity contribution in [2.45, 2.75) is 20.8 Å². The lowest BCUT2D eigenvalue weighted by Crippen LogP contribution is -1.84. The first-order valence-electron chi connectivity index (χ1n) is 5.02. The van der Waals surface area contributed by atoms with Crippen LogP contribution in [0.4, 0.5) is 0 Å². The molecule has 0 N–H and O–H groups in total. The molecule has 0 bridgehead atoms. The van der Waals surface area contributed by atoms with E-state index in [1.165, 1.54) is 16.6 Å². The van der Waals surface area contributed by atoms with Gasteiger partial charge in [-0.05, 0) is 32.0 Å². The van der Waals surface area contributed by atoms with E-state index in [4.69, 9.17) is 0 Å². The molecule has 0 aliphatic rings. The quantitative estimate of drug-likeness (QED) is 0.564. The molecule has 4 heteroatoms. The molecule has 0 amide bonds. The van der Waals surface area contributed by atoms with E-state index >= 15 is 0 Å². The second-order valence-corrected chi connectivity index (χ2v) is 4.67. The van der Waals surface area contributed by atoms with Gasteiger partial charge in [-0.25, -0.2) is 9.98 Å². The van der Waals surface area contributed by atoms with E-state index in [1.807, 2.05) is 26.2 Å². The normalized spacial score (nSPS) is 10.4. The number of hydrogen-bond donors (Lipinski definition) is 0. The summed E-state index contributed by atoms with van der Waals surface area (Å²) >= 11 is 3.15. The minimum atomic E-state index is 0.654. The molecule has 0 unspecified atom stereocenters. The molecule has 1 heterocycles. The molecule has 1 aromatic rings. The van der Waals surface area contributed by atoms with Crippen molar-refractivity contribution >= 4 is 40.7 Å². The van der Waals surface area contributed by atoms with Crippen LogP contribution in [0.5, 0.6) is 0 Å². The average Bonchev–Trinajstić information content (AvgIpc) is 2.75. The number of aryl methyl sites for hydroxylation is 1. The van der Waals surface area contributed by atoms with Crippen molar-refractivity contribution in [3.63, 3.8) is 0 Å². The molecule has 1 rings (SSSR count). The van der Waals surface area contributed by atoms with E-state index in [1.54, 1.807) is 11.3 Å². The summed E-state index contributed by atoms with van der Waals surface area (Å²) in [5.41, 5.74) is 0.750. The topological polar surface area (TPSA) is 24.7 Å². The lowest BCUT2D eigenvalue weighted by molar-refractivity contribution is 1.50. The Labute approximate surface area is 106 Å². The van der Waals surface area contributed by atoms with Crippen molar-refractivity contribution in [1.29, 1.82) is 0 Å². The second-order valence-electron chi connectivity index (χ2n) is 2.61. The maximum Gasteiger partial charge on any atom is 0.187 e. The zero-order chi connectivity index (χ0) is 12.6. The van der Waals surface area contributed by atoms with Crippen molar-refractivity contribution in [3.05, 3.63) is 28.5 Å². The maximum absolute atomic E-state index is 4.26. The van der Waals surface area contributed by atoms with Crippen LogP contribution in [0.25, 0.3) is 5.70 Å². The van der Waals surface area contributed by atoms with Gasteiger partial charge < -0.3 is 0 Å². The molecule has 0 radical (unpaired) electrons. The smallest absolute Gasteiger partial charge is 0.187 e. The highest BCUT2D eigenvalue weighted by Crippen LogP contribution is 2.24. The third-order valence-electron chi connectivity index (χ3n) is 1.57. The Kier molecular flexibility index (Phi) is 7.85. The Bertz CT molecular complexity index is 378. The van der Waals surface area contributed by atoms with Gasteiger partial charge in [-0.15, -0.1) is 11.3 Å². The first-order chi connectivity index (χ1) is 7.67. The zero-order valence-electron chi connectivity index (χ0n) is 10.3. The summed E-state index contributed by atoms with van der Waals surface area (Å²) in [7, 11) is 0. The lowest BCUT2D eigenvalue weighted by Gasteiger charge is -1.97. The summed E-state index contributed by atoms with van der Waals surface area (Å²) in [6.07, 6.45) is 1.92. The van der Waals surface area contributed by atoms with Crippen LogP contribution >= 0.6 is 23.1 Å². The van der Waals surface area contributed by atoms with Crippen LogP contribution in [-0.2, 0) is 0 Å². The Hall–Kier alpha value is -0.870. The van der Waals surface area contributed by atoms with Gasteiger partial charge in [-0.3, -0.25) is 0 Å². The molecule has 0 aliphatic carbocycles. The molecular formula is C12H18N2S2. The van der Waals surface area contributed by atoms with Crippen LogP contribution in [0.2, 0.25) is 0 Å². The molecule has 16 heavy (non-hydrogen) atoms. The van der Waals surface area contributed by atoms with Gasteiger partial charge in [0.15, 0.2) is 5.17 Å². The molecule has 0 atom stereocenters.